The van der Waals surface area contributed by atoms with Crippen molar-refractivity contribution in [1.82, 2.24) is 9.29 Å². The fraction of sp³-hybridized carbons (Fsp3) is 0.267. The number of rotatable bonds is 5. The summed E-state index contributed by atoms with van der Waals surface area (Å²) in [6.07, 6.45) is -4.43. The summed E-state index contributed by atoms with van der Waals surface area (Å²) in [5.74, 6) is -8.44. The van der Waals surface area contributed by atoms with E-state index in [-0.39, 0.29) is 0 Å². The van der Waals surface area contributed by atoms with Gasteiger partial charge in [-0.3, -0.25) is 4.79 Å². The Kier molecular flexibility index (Phi) is 5.99. The van der Waals surface area contributed by atoms with E-state index in [4.69, 9.17) is 0 Å². The number of sulfonamides is 1. The van der Waals surface area contributed by atoms with Crippen LogP contribution in [0.25, 0.3) is 0 Å². The van der Waals surface area contributed by atoms with Crippen molar-refractivity contribution in [3.05, 3.63) is 47.3 Å². The van der Waals surface area contributed by atoms with Crippen LogP contribution in [0.3, 0.4) is 0 Å². The molecular weight excluding hydrogens is 435 g/mol. The third-order valence-corrected chi connectivity index (χ3v) is 5.23. The summed E-state index contributed by atoms with van der Waals surface area (Å²) in [5.41, 5.74) is -1.88. The lowest BCUT2D eigenvalue weighted by molar-refractivity contribution is -0.147. The maximum atomic E-state index is 14.5. The minimum Gasteiger partial charge on any atom is -0.343 e. The first-order valence-electron chi connectivity index (χ1n) is 7.55. The molecule has 0 spiro atoms. The van der Waals surface area contributed by atoms with Crippen LogP contribution in [0, 0.1) is 23.3 Å². The van der Waals surface area contributed by atoms with Gasteiger partial charge in [-0.25, -0.2) is 26.0 Å². The maximum Gasteiger partial charge on any atom is 0.404 e. The molecular formula is C15H12F7N3O3S. The van der Waals surface area contributed by atoms with Crippen molar-refractivity contribution in [2.24, 2.45) is 7.05 Å². The summed E-state index contributed by atoms with van der Waals surface area (Å²) in [6, 6.07) is -1.44. The Labute approximate surface area is 159 Å². The highest BCUT2D eigenvalue weighted by atomic mass is 32.2. The van der Waals surface area contributed by atoms with Gasteiger partial charge in [0.15, 0.2) is 23.3 Å². The van der Waals surface area contributed by atoms with Crippen molar-refractivity contribution >= 4 is 21.6 Å². The van der Waals surface area contributed by atoms with E-state index < -0.39 is 67.7 Å². The van der Waals surface area contributed by atoms with E-state index in [1.54, 1.807) is 5.32 Å². The fourth-order valence-corrected chi connectivity index (χ4v) is 3.54. The predicted molar refractivity (Wildman–Crippen MR) is 85.5 cm³/mol. The minimum absolute atomic E-state index is 0.480. The second kappa shape index (κ2) is 7.67. The monoisotopic (exact) mass is 447 g/mol. The number of hydrogen-bond donors (Lipinski definition) is 2. The van der Waals surface area contributed by atoms with Crippen LogP contribution in [-0.2, 0) is 17.1 Å². The highest BCUT2D eigenvalue weighted by Crippen LogP contribution is 2.26. The summed E-state index contributed by atoms with van der Waals surface area (Å²) < 4.78 is 118. The zero-order valence-corrected chi connectivity index (χ0v) is 15.4. The topological polar surface area (TPSA) is 80.2 Å². The molecule has 0 fully saturated rings. The summed E-state index contributed by atoms with van der Waals surface area (Å²) in [5, 5.41) is 1.73. The van der Waals surface area contributed by atoms with E-state index in [0.29, 0.717) is 29.8 Å². The Hall–Kier alpha value is -2.61. The standard InChI is InChI=1S/C15H12F7N3O3S/c1-6(15(20,21)22)24-29(27,28)9-5-25(2)13(12(9)19)14(26)23-8-4-3-7(16)10(17)11(8)18/h3-6,24H,1-2H3,(H,23,26). The number of amides is 1. The summed E-state index contributed by atoms with van der Waals surface area (Å²) in [6.45, 7) is 0.484. The number of carbonyl (C=O) groups is 1. The minimum atomic E-state index is -5.03. The molecule has 0 bridgehead atoms. The van der Waals surface area contributed by atoms with E-state index in [9.17, 15) is 43.9 Å². The van der Waals surface area contributed by atoms with Gasteiger partial charge in [0.25, 0.3) is 5.91 Å². The Morgan fingerprint density at radius 1 is 1.07 bits per heavy atom. The molecule has 0 saturated heterocycles. The van der Waals surface area contributed by atoms with Crippen LogP contribution in [0.1, 0.15) is 17.4 Å². The van der Waals surface area contributed by atoms with Crippen LogP contribution in [0.2, 0.25) is 0 Å². The second-order valence-electron chi connectivity index (χ2n) is 5.83. The first-order chi connectivity index (χ1) is 13.2. The number of aromatic nitrogens is 1. The van der Waals surface area contributed by atoms with Gasteiger partial charge in [-0.15, -0.1) is 0 Å². The molecule has 1 unspecified atom stereocenters. The van der Waals surface area contributed by atoms with Gasteiger partial charge in [-0.05, 0) is 19.1 Å². The predicted octanol–water partition coefficient (Wildman–Crippen LogP) is 3.06. The Morgan fingerprint density at radius 3 is 2.21 bits per heavy atom. The average molecular weight is 447 g/mol. The smallest absolute Gasteiger partial charge is 0.343 e. The van der Waals surface area contributed by atoms with Crippen LogP contribution in [0.4, 0.5) is 36.4 Å². The summed E-state index contributed by atoms with van der Waals surface area (Å²) in [7, 11) is -4.04. The van der Waals surface area contributed by atoms with E-state index in [1.165, 1.54) is 4.72 Å². The number of aryl methyl sites for hydroxylation is 1. The second-order valence-corrected chi connectivity index (χ2v) is 7.51. The number of nitrogens with one attached hydrogen (secondary N) is 2. The first kappa shape index (κ1) is 22.7. The van der Waals surface area contributed by atoms with E-state index in [0.717, 1.165) is 7.05 Å². The van der Waals surface area contributed by atoms with Gasteiger partial charge < -0.3 is 9.88 Å². The quantitative estimate of drug-likeness (QED) is 0.546. The third-order valence-electron chi connectivity index (χ3n) is 3.70. The zero-order valence-electron chi connectivity index (χ0n) is 14.5. The Balaban J connectivity index is 2.39. The number of alkyl halides is 3. The molecule has 160 valence electrons. The van der Waals surface area contributed by atoms with Crippen LogP contribution in [-0.4, -0.2) is 31.1 Å². The molecule has 1 atom stereocenters. The molecule has 2 N–H and O–H groups in total. The molecule has 1 heterocycles. The number of nitrogens with zero attached hydrogens (tertiary/aromatic N) is 1. The summed E-state index contributed by atoms with van der Waals surface area (Å²) in [4.78, 5) is 10.9. The molecule has 0 radical (unpaired) electrons. The van der Waals surface area contributed by atoms with Crippen molar-refractivity contribution in [2.45, 2.75) is 24.0 Å². The molecule has 2 rings (SSSR count). The van der Waals surface area contributed by atoms with Gasteiger partial charge >= 0.3 is 6.18 Å². The van der Waals surface area contributed by atoms with E-state index >= 15 is 0 Å². The molecule has 0 saturated carbocycles. The van der Waals surface area contributed by atoms with Crippen molar-refractivity contribution < 1.29 is 43.9 Å². The van der Waals surface area contributed by atoms with Crippen LogP contribution < -0.4 is 10.0 Å². The maximum absolute atomic E-state index is 14.5. The molecule has 1 amide bonds. The van der Waals surface area contributed by atoms with E-state index in [2.05, 4.69) is 0 Å². The van der Waals surface area contributed by atoms with Gasteiger partial charge in [0.1, 0.15) is 16.6 Å². The van der Waals surface area contributed by atoms with Gasteiger partial charge in [0.2, 0.25) is 10.0 Å². The number of anilines is 1. The first-order valence-corrected chi connectivity index (χ1v) is 9.03. The van der Waals surface area contributed by atoms with E-state index in [1.807, 2.05) is 0 Å². The van der Waals surface area contributed by atoms with Crippen molar-refractivity contribution in [1.29, 1.82) is 0 Å². The molecule has 29 heavy (non-hydrogen) atoms. The molecule has 1 aromatic carbocycles. The van der Waals surface area contributed by atoms with Gasteiger partial charge in [-0.1, -0.05) is 0 Å². The lowest BCUT2D eigenvalue weighted by Gasteiger charge is -2.16. The van der Waals surface area contributed by atoms with Crippen molar-refractivity contribution in [3.63, 3.8) is 0 Å². The molecule has 6 nitrogen and oxygen atoms in total. The summed E-state index contributed by atoms with van der Waals surface area (Å²) >= 11 is 0. The molecule has 0 aliphatic heterocycles. The van der Waals surface area contributed by atoms with Gasteiger partial charge in [0.05, 0.1) is 5.69 Å². The number of hydrogen-bond acceptors (Lipinski definition) is 3. The number of halogens is 7. The lowest BCUT2D eigenvalue weighted by atomic mass is 10.2. The molecule has 1 aromatic heterocycles. The highest BCUT2D eigenvalue weighted by Gasteiger charge is 2.40. The fourth-order valence-electron chi connectivity index (χ4n) is 2.18. The Morgan fingerprint density at radius 2 is 1.66 bits per heavy atom. The lowest BCUT2D eigenvalue weighted by Crippen LogP contribution is -2.43. The number of benzene rings is 1. The van der Waals surface area contributed by atoms with Crippen LogP contribution in [0.15, 0.2) is 23.2 Å². The van der Waals surface area contributed by atoms with Crippen molar-refractivity contribution in [2.75, 3.05) is 5.32 Å². The number of carbonyl (C=O) groups excluding carboxylic acids is 1. The molecule has 0 aliphatic rings. The molecule has 2 aromatic rings. The largest absolute Gasteiger partial charge is 0.404 e. The highest BCUT2D eigenvalue weighted by molar-refractivity contribution is 7.89. The van der Waals surface area contributed by atoms with Crippen molar-refractivity contribution in [3.8, 4) is 0 Å². The zero-order chi connectivity index (χ0) is 22.3. The molecule has 0 aliphatic carbocycles. The third kappa shape index (κ3) is 4.53. The average Bonchev–Trinajstić information content (AvgIpc) is 2.89. The Bertz CT molecular complexity index is 1060. The van der Waals surface area contributed by atoms with Gasteiger partial charge in [-0.2, -0.15) is 17.9 Å². The SMILES string of the molecule is CC(NS(=O)(=O)c1cn(C)c(C(=O)Nc2ccc(F)c(F)c2F)c1F)C(F)(F)F. The molecule has 14 heteroatoms. The van der Waals surface area contributed by atoms with Gasteiger partial charge in [0, 0.05) is 13.2 Å². The van der Waals surface area contributed by atoms with Crippen LogP contribution >= 0.6 is 0 Å². The normalized spacial score (nSPS) is 13.4. The van der Waals surface area contributed by atoms with Crippen LogP contribution in [0.5, 0.6) is 0 Å².